The molecule has 8 heteroatoms. The third-order valence-corrected chi connectivity index (χ3v) is 4.06. The second-order valence-corrected chi connectivity index (χ2v) is 5.79. The van der Waals surface area contributed by atoms with E-state index in [9.17, 15) is 17.2 Å². The second kappa shape index (κ2) is 6.27. The molecule has 0 saturated heterocycles. The lowest BCUT2D eigenvalue weighted by Gasteiger charge is -2.14. The minimum Gasteiger partial charge on any atom is -0.396 e. The van der Waals surface area contributed by atoms with Crippen LogP contribution >= 0.6 is 0 Å². The molecule has 1 aromatic rings. The number of rotatable bonds is 6. The molecule has 1 atom stereocenters. The summed E-state index contributed by atoms with van der Waals surface area (Å²) in [6.07, 6.45) is 0.425. The van der Waals surface area contributed by atoms with E-state index in [1.807, 2.05) is 0 Å². The minimum atomic E-state index is -4.09. The Balaban J connectivity index is 2.98. The van der Waals surface area contributed by atoms with Crippen LogP contribution in [0.5, 0.6) is 0 Å². The fraction of sp³-hybridized carbons (Fsp3) is 0.455. The molecule has 0 aromatic heterocycles. The van der Waals surface area contributed by atoms with Gasteiger partial charge < -0.3 is 10.5 Å². The molecule has 0 aliphatic rings. The van der Waals surface area contributed by atoms with Crippen LogP contribution in [0.15, 0.2) is 17.0 Å². The number of ether oxygens (including phenoxy) is 1. The number of anilines is 1. The van der Waals surface area contributed by atoms with Gasteiger partial charge in [0.2, 0.25) is 10.0 Å². The van der Waals surface area contributed by atoms with Gasteiger partial charge in [0.05, 0.1) is 5.69 Å². The zero-order valence-corrected chi connectivity index (χ0v) is 11.4. The van der Waals surface area contributed by atoms with E-state index in [1.165, 1.54) is 7.11 Å². The van der Waals surface area contributed by atoms with Crippen molar-refractivity contribution in [3.63, 3.8) is 0 Å². The molecule has 0 saturated carbocycles. The van der Waals surface area contributed by atoms with Gasteiger partial charge in [0, 0.05) is 25.8 Å². The van der Waals surface area contributed by atoms with Gasteiger partial charge >= 0.3 is 0 Å². The van der Waals surface area contributed by atoms with Crippen LogP contribution in [0.1, 0.15) is 13.3 Å². The molecule has 1 aromatic carbocycles. The highest BCUT2D eigenvalue weighted by atomic mass is 32.2. The number of methoxy groups -OCH3 is 1. The molecule has 0 bridgehead atoms. The summed E-state index contributed by atoms with van der Waals surface area (Å²) in [6, 6.07) is 0.760. The maximum atomic E-state index is 13.5. The van der Waals surface area contributed by atoms with E-state index in [0.29, 0.717) is 19.1 Å². The maximum absolute atomic E-state index is 13.5. The maximum Gasteiger partial charge on any atom is 0.243 e. The van der Waals surface area contributed by atoms with E-state index in [2.05, 4.69) is 4.72 Å². The Morgan fingerprint density at radius 2 is 2.00 bits per heavy atom. The van der Waals surface area contributed by atoms with Crippen molar-refractivity contribution in [2.75, 3.05) is 19.5 Å². The molecule has 0 radical (unpaired) electrons. The van der Waals surface area contributed by atoms with Crippen molar-refractivity contribution in [2.45, 2.75) is 24.3 Å². The first-order chi connectivity index (χ1) is 8.77. The van der Waals surface area contributed by atoms with Gasteiger partial charge in [-0.25, -0.2) is 21.9 Å². The summed E-state index contributed by atoms with van der Waals surface area (Å²) in [4.78, 5) is -0.671. The summed E-state index contributed by atoms with van der Waals surface area (Å²) in [6.45, 7) is 1.97. The third kappa shape index (κ3) is 4.12. The van der Waals surface area contributed by atoms with E-state index in [4.69, 9.17) is 10.5 Å². The van der Waals surface area contributed by atoms with Crippen LogP contribution in [0.2, 0.25) is 0 Å². The van der Waals surface area contributed by atoms with Crippen LogP contribution in [-0.2, 0) is 14.8 Å². The first kappa shape index (κ1) is 15.8. The number of hydrogen-bond acceptors (Lipinski definition) is 4. The van der Waals surface area contributed by atoms with Crippen molar-refractivity contribution in [1.82, 2.24) is 4.72 Å². The molecule has 19 heavy (non-hydrogen) atoms. The van der Waals surface area contributed by atoms with Crippen molar-refractivity contribution < 1.29 is 21.9 Å². The Kier molecular flexibility index (Phi) is 5.21. The van der Waals surface area contributed by atoms with E-state index in [0.717, 1.165) is 6.07 Å². The Bertz CT molecular complexity index is 549. The molecule has 0 heterocycles. The lowest BCUT2D eigenvalue weighted by molar-refractivity contribution is 0.188. The van der Waals surface area contributed by atoms with Crippen molar-refractivity contribution >= 4 is 15.7 Å². The fourth-order valence-corrected chi connectivity index (χ4v) is 2.80. The molecule has 0 aliphatic heterocycles. The zero-order chi connectivity index (χ0) is 14.6. The Labute approximate surface area is 110 Å². The highest BCUT2D eigenvalue weighted by molar-refractivity contribution is 7.89. The first-order valence-corrected chi connectivity index (χ1v) is 7.02. The molecule has 3 N–H and O–H groups in total. The number of nitrogens with one attached hydrogen (secondary N) is 1. The van der Waals surface area contributed by atoms with Gasteiger partial charge in [-0.2, -0.15) is 0 Å². The number of nitrogen functional groups attached to an aromatic ring is 1. The summed E-state index contributed by atoms with van der Waals surface area (Å²) in [5.41, 5.74) is 4.82. The third-order valence-electron chi connectivity index (χ3n) is 2.45. The number of sulfonamides is 1. The smallest absolute Gasteiger partial charge is 0.243 e. The lowest BCUT2D eigenvalue weighted by Crippen LogP contribution is -2.34. The van der Waals surface area contributed by atoms with Crippen molar-refractivity contribution in [3.05, 3.63) is 23.8 Å². The molecule has 1 unspecified atom stereocenters. The monoisotopic (exact) mass is 294 g/mol. The first-order valence-electron chi connectivity index (χ1n) is 5.53. The average molecular weight is 294 g/mol. The van der Waals surface area contributed by atoms with Gasteiger partial charge in [-0.05, 0) is 19.4 Å². The van der Waals surface area contributed by atoms with E-state index >= 15 is 0 Å². The lowest BCUT2D eigenvalue weighted by atomic mass is 10.3. The van der Waals surface area contributed by atoms with E-state index in [-0.39, 0.29) is 0 Å². The fourth-order valence-electron chi connectivity index (χ4n) is 1.43. The topological polar surface area (TPSA) is 81.4 Å². The molecule has 0 amide bonds. The Morgan fingerprint density at radius 1 is 1.37 bits per heavy atom. The van der Waals surface area contributed by atoms with Crippen LogP contribution in [0.3, 0.4) is 0 Å². The molecule has 0 aliphatic carbocycles. The number of benzene rings is 1. The molecular weight excluding hydrogens is 278 g/mol. The second-order valence-electron chi connectivity index (χ2n) is 4.11. The van der Waals surface area contributed by atoms with E-state index < -0.39 is 38.3 Å². The molecule has 108 valence electrons. The average Bonchev–Trinajstić information content (AvgIpc) is 2.30. The van der Waals surface area contributed by atoms with Crippen molar-refractivity contribution in [2.24, 2.45) is 0 Å². The van der Waals surface area contributed by atoms with Crippen LogP contribution in [0.25, 0.3) is 0 Å². The molecule has 0 fully saturated rings. The van der Waals surface area contributed by atoms with Gasteiger partial charge in [-0.15, -0.1) is 0 Å². The summed E-state index contributed by atoms with van der Waals surface area (Å²) in [5, 5.41) is 0. The van der Waals surface area contributed by atoms with Crippen LogP contribution < -0.4 is 10.5 Å². The number of nitrogens with two attached hydrogens (primary N) is 1. The van der Waals surface area contributed by atoms with Crippen molar-refractivity contribution in [1.29, 1.82) is 0 Å². The standard InChI is InChI=1S/C11H16F2N2O3S/c1-7(3-4-18-2)15-19(16,17)11-6-10(14)8(12)5-9(11)13/h5-7,15H,3-4,14H2,1-2H3. The molecule has 0 spiro atoms. The molecular formula is C11H16F2N2O3S. The summed E-state index contributed by atoms with van der Waals surface area (Å²) in [7, 11) is -2.60. The Morgan fingerprint density at radius 3 is 2.58 bits per heavy atom. The molecule has 5 nitrogen and oxygen atoms in total. The molecule has 1 rings (SSSR count). The summed E-state index contributed by atoms with van der Waals surface area (Å²) in [5.74, 6) is -2.18. The minimum absolute atomic E-state index is 0.359. The van der Waals surface area contributed by atoms with Crippen molar-refractivity contribution in [3.8, 4) is 0 Å². The number of hydrogen-bond donors (Lipinski definition) is 2. The van der Waals surface area contributed by atoms with Crippen LogP contribution in [0, 0.1) is 11.6 Å². The normalized spacial score (nSPS) is 13.5. The zero-order valence-electron chi connectivity index (χ0n) is 10.6. The van der Waals surface area contributed by atoms with Gasteiger partial charge in [0.15, 0.2) is 0 Å². The highest BCUT2D eigenvalue weighted by Gasteiger charge is 2.23. The van der Waals surface area contributed by atoms with Gasteiger partial charge in [0.25, 0.3) is 0 Å². The summed E-state index contributed by atoms with van der Waals surface area (Å²) < 4.78 is 57.4. The predicted molar refractivity (Wildman–Crippen MR) is 67.0 cm³/mol. The Hall–Kier alpha value is -1.25. The number of halogens is 2. The van der Waals surface area contributed by atoms with Gasteiger partial charge in [0.1, 0.15) is 16.5 Å². The quantitative estimate of drug-likeness (QED) is 0.774. The van der Waals surface area contributed by atoms with Crippen LogP contribution in [0.4, 0.5) is 14.5 Å². The predicted octanol–water partition coefficient (Wildman–Crippen LogP) is 1.25. The summed E-state index contributed by atoms with van der Waals surface area (Å²) >= 11 is 0. The van der Waals surface area contributed by atoms with Gasteiger partial charge in [-0.3, -0.25) is 0 Å². The highest BCUT2D eigenvalue weighted by Crippen LogP contribution is 2.21. The van der Waals surface area contributed by atoms with E-state index in [1.54, 1.807) is 6.92 Å². The van der Waals surface area contributed by atoms with Crippen LogP contribution in [-0.4, -0.2) is 28.2 Å². The largest absolute Gasteiger partial charge is 0.396 e. The van der Waals surface area contributed by atoms with Gasteiger partial charge in [-0.1, -0.05) is 0 Å². The SMILES string of the molecule is COCCC(C)NS(=O)(=O)c1cc(N)c(F)cc1F.